The molecule has 0 spiro atoms. The third-order valence-corrected chi connectivity index (χ3v) is 22.2. The van der Waals surface area contributed by atoms with Crippen molar-refractivity contribution in [2.75, 3.05) is 87.1 Å². The van der Waals surface area contributed by atoms with Crippen molar-refractivity contribution in [3.05, 3.63) is 62.4 Å². The maximum Gasteiger partial charge on any atom is 0.280 e. The number of anilines is 6. The van der Waals surface area contributed by atoms with E-state index in [1.54, 1.807) is 13.8 Å². The van der Waals surface area contributed by atoms with Crippen LogP contribution in [-0.4, -0.2) is 219 Å². The number of aromatic amines is 3. The highest BCUT2D eigenvalue weighted by Crippen LogP contribution is 2.63. The summed E-state index contributed by atoms with van der Waals surface area (Å²) in [4.78, 5) is 144. The molecule has 50 nitrogen and oxygen atoms in total. The molecule has 9 unspecified atom stereocenters. The van der Waals surface area contributed by atoms with Crippen molar-refractivity contribution in [1.29, 1.82) is 0 Å². The number of phosphoric ester groups is 4. The van der Waals surface area contributed by atoms with E-state index in [0.29, 0.717) is 0 Å². The molecule has 0 aromatic carbocycles. The van der Waals surface area contributed by atoms with Crippen molar-refractivity contribution in [1.82, 2.24) is 63.5 Å². The van der Waals surface area contributed by atoms with Gasteiger partial charge in [-0.25, -0.2) is 33.5 Å². The van der Waals surface area contributed by atoms with E-state index in [9.17, 15) is 77.0 Å². The van der Waals surface area contributed by atoms with E-state index >= 15 is 0 Å². The Morgan fingerprint density at radius 3 is 1.64 bits per heavy atom. The Labute approximate surface area is 568 Å². The number of imidazole rings is 3. The van der Waals surface area contributed by atoms with Gasteiger partial charge < -0.3 is 142 Å². The zero-order valence-corrected chi connectivity index (χ0v) is 57.4. The molecule has 5 aliphatic rings. The number of nitrogens with zero attached hydrogens (tertiary/aromatic N) is 12. The Morgan fingerprint density at radius 2 is 1.05 bits per heavy atom. The highest BCUT2D eigenvalue weighted by molar-refractivity contribution is 7.65. The molecular formula is C47H61N19O31P5-5. The lowest BCUT2D eigenvalue weighted by Gasteiger charge is -2.35. The topological polar surface area (TPSA) is 714 Å². The number of aromatic nitrogens is 13. The third kappa shape index (κ3) is 15.2. The number of nitrogen functional groups attached to an aromatic ring is 4. The number of rotatable bonds is 28. The summed E-state index contributed by atoms with van der Waals surface area (Å²) in [6.45, 7) is -2.03. The van der Waals surface area contributed by atoms with Gasteiger partial charge in [0.05, 0.1) is 63.7 Å². The van der Waals surface area contributed by atoms with Crippen LogP contribution < -0.4 is 73.9 Å². The van der Waals surface area contributed by atoms with Gasteiger partial charge >= 0.3 is 0 Å². The summed E-state index contributed by atoms with van der Waals surface area (Å²) in [5.74, 6) is -1.11. The Kier molecular flexibility index (Phi) is 21.0. The molecule has 14 N–H and O–H groups in total. The number of hydrogen-bond acceptors (Lipinski definition) is 44. The summed E-state index contributed by atoms with van der Waals surface area (Å²) < 4.78 is 152. The van der Waals surface area contributed by atoms with E-state index < -0.39 is 192 Å². The number of nitrogens with two attached hydrogens (primary N) is 4. The van der Waals surface area contributed by atoms with Crippen LogP contribution in [0.1, 0.15) is 32.5 Å². The predicted molar refractivity (Wildman–Crippen MR) is 326 cm³/mol. The molecule has 560 valence electrons. The number of phosphoric acid groups is 5. The van der Waals surface area contributed by atoms with E-state index in [1.165, 1.54) is 33.8 Å². The van der Waals surface area contributed by atoms with E-state index in [-0.39, 0.29) is 69.1 Å². The average Bonchev–Trinajstić information content (AvgIpc) is 1.63. The average molecular weight is 1540 g/mol. The molecule has 21 atom stereocenters. The Balaban J connectivity index is 0.752. The van der Waals surface area contributed by atoms with Crippen LogP contribution in [0.3, 0.4) is 0 Å². The predicted octanol–water partition coefficient (Wildman–Crippen LogP) is -6.44. The Morgan fingerprint density at radius 1 is 0.559 bits per heavy atom. The third-order valence-electron chi connectivity index (χ3n) is 16.2. The van der Waals surface area contributed by atoms with Gasteiger partial charge in [-0.1, -0.05) is 0 Å². The lowest BCUT2D eigenvalue weighted by Crippen LogP contribution is -2.45. The fraction of sp³-hybridized carbons (Fsp3) is 0.574. The highest BCUT2D eigenvalue weighted by Gasteiger charge is 2.54. The van der Waals surface area contributed by atoms with Crippen molar-refractivity contribution >= 4 is 108 Å². The number of H-pyrrole nitrogens is 3. The first-order valence-electron chi connectivity index (χ1n) is 29.6. The Hall–Kier alpha value is -6.77. The second kappa shape index (κ2) is 28.6. The van der Waals surface area contributed by atoms with Gasteiger partial charge in [0, 0.05) is 27.3 Å². The summed E-state index contributed by atoms with van der Waals surface area (Å²) in [6.07, 6.45) is -24.3. The van der Waals surface area contributed by atoms with E-state index in [4.69, 9.17) is 78.7 Å². The van der Waals surface area contributed by atoms with Gasteiger partial charge in [-0.05, 0) is 13.8 Å². The number of methoxy groups -OCH3 is 2. The molecule has 102 heavy (non-hydrogen) atoms. The second-order valence-corrected chi connectivity index (χ2v) is 30.5. The smallest absolute Gasteiger partial charge is 0.280 e. The first kappa shape index (κ1) is 74.9. The molecular weight excluding hydrogens is 1480 g/mol. The first-order chi connectivity index (χ1) is 48.0. The molecule has 55 heteroatoms. The molecule has 7 aromatic rings. The van der Waals surface area contributed by atoms with Crippen LogP contribution in [0.15, 0.2) is 45.8 Å². The maximum absolute atomic E-state index is 14.3. The van der Waals surface area contributed by atoms with Crippen LogP contribution in [0.4, 0.5) is 35.0 Å². The standard InChI is InChI=1S/C47H66N19O31P5/c1-16(2)89-30-19(91-43(29(30)69)63-12-54-23-17(63)6-22(48)57-39(23)70)8-85-98(73,74)94-31-20(93-45(34(31)84-5)65-14-56-25-37(65)58-46(50)60-40(25)71)9-86-99(75,76)95-32-21(92-44(33(32)83-4)64-13-55-24-35(49)52-11-53-36(24)64)10-88-101(79,80)97-102(81,82)96-100(77,78)87-7-18-27(67)28(68)42(90-18)66-15-62(3)26-38(66)59-47(51)61-41(26)72/h6,11-14,16,18-21,27-34,42-45,67-69H,7-10,15H2,1-5H3,(H,73,74)(H,75,76)(H,77,78)(H,79,80)(H,81,82)(H3,48,57,70)(H2,49,52,53)(H3,50,58,60,71)(H3,51,59,61,72)/p-5/t18-,19-,20-,21-,27+,28?,29+,30?,31?,32?,33+,34+,42-,43-,44-,45-/m1/s1. The quantitative estimate of drug-likeness (QED) is 0.0204. The highest BCUT2D eigenvalue weighted by atomic mass is 31.3. The fourth-order valence-corrected chi connectivity index (χ4v) is 17.2. The minimum atomic E-state index is -6.70. The summed E-state index contributed by atoms with van der Waals surface area (Å²) in [5.41, 5.74) is 20.5. The monoisotopic (exact) mass is 1540 g/mol. The summed E-state index contributed by atoms with van der Waals surface area (Å²) in [6, 6.07) is 1.34. The van der Waals surface area contributed by atoms with Gasteiger partial charge in [-0.2, -0.15) is 9.97 Å². The minimum absolute atomic E-state index is 0.0188. The Bertz CT molecular complexity index is 4740. The first-order valence-corrected chi connectivity index (χ1v) is 36.9. The van der Waals surface area contributed by atoms with Gasteiger partial charge in [-0.3, -0.25) is 56.3 Å². The molecule has 0 radical (unpaired) electrons. The summed E-state index contributed by atoms with van der Waals surface area (Å²) >= 11 is 0. The lowest BCUT2D eigenvalue weighted by molar-refractivity contribution is -0.253. The molecule has 5 aliphatic heterocycles. The molecule has 4 fully saturated rings. The van der Waals surface area contributed by atoms with Crippen molar-refractivity contribution in [2.45, 2.75) is 118 Å². The van der Waals surface area contributed by atoms with Gasteiger partial charge in [0.25, 0.3) is 55.8 Å². The van der Waals surface area contributed by atoms with Gasteiger partial charge in [0.2, 0.25) is 11.9 Å². The van der Waals surface area contributed by atoms with E-state index in [0.717, 1.165) is 42.3 Å². The number of aliphatic hydroxyl groups excluding tert-OH is 3. The van der Waals surface area contributed by atoms with Crippen molar-refractivity contribution in [3.8, 4) is 0 Å². The molecule has 4 saturated heterocycles. The maximum atomic E-state index is 14.3. The molecule has 7 aromatic heterocycles. The van der Waals surface area contributed by atoms with Crippen molar-refractivity contribution in [3.63, 3.8) is 0 Å². The number of aliphatic hydroxyl groups is 3. The molecule has 0 bridgehead atoms. The molecule has 0 amide bonds. The number of nitrogens with one attached hydrogen (secondary N) is 3. The van der Waals surface area contributed by atoms with Gasteiger partial charge in [0.1, 0.15) is 96.6 Å². The van der Waals surface area contributed by atoms with Crippen LogP contribution in [-0.2, 0) is 91.7 Å². The molecule has 12 heterocycles. The normalized spacial score (nSPS) is 30.5. The van der Waals surface area contributed by atoms with Gasteiger partial charge in [0.15, 0.2) is 58.9 Å². The summed E-state index contributed by atoms with van der Waals surface area (Å²) in [5, 5.41) is 33.3. The van der Waals surface area contributed by atoms with E-state index in [1.807, 2.05) is 0 Å². The van der Waals surface area contributed by atoms with Crippen LogP contribution in [0.2, 0.25) is 0 Å². The molecule has 0 saturated carbocycles. The minimum Gasteiger partial charge on any atom is -0.756 e. The van der Waals surface area contributed by atoms with Crippen LogP contribution in [0.25, 0.3) is 33.4 Å². The van der Waals surface area contributed by atoms with E-state index in [2.05, 4.69) is 63.0 Å². The van der Waals surface area contributed by atoms with Crippen LogP contribution in [0, 0.1) is 0 Å². The van der Waals surface area contributed by atoms with Crippen molar-refractivity contribution < 1.29 is 132 Å². The second-order valence-electron chi connectivity index (χ2n) is 23.2. The number of pyridine rings is 1. The fourth-order valence-electron chi connectivity index (χ4n) is 11.9. The SMILES string of the molecule is CO[C@H]1C(OP(=O)([O-])OC[C@H]2O[C@@H](n3cnc4c(=O)[nH]c(N)nc43)[C@@H](OC)C2OP(=O)([O-])OC[C@H]2O[C@@H](n3cnc4c(=O)[nH]c(N)cc43)[C@@H](O)C2OC(C)C)[C@@H](COP(=O)([O-])OP(=O)([O-])OP(=O)([O-])OC[C@H]2O[C@@H](N3CN(C)c4c3nc(N)[nH]c4=O)C(O)[C@H]2O)O[C@H]1n1cnc2c(N)ncnc21. The number of hydrogen-bond donors (Lipinski definition) is 10. The zero-order valence-electron chi connectivity index (χ0n) is 52.9. The summed E-state index contributed by atoms with van der Waals surface area (Å²) in [7, 11) is -27.8. The van der Waals surface area contributed by atoms with Crippen LogP contribution in [0.5, 0.6) is 0 Å². The lowest BCUT2D eigenvalue weighted by atomic mass is 10.1. The largest absolute Gasteiger partial charge is 0.756 e. The van der Waals surface area contributed by atoms with Crippen LogP contribution >= 0.6 is 39.1 Å². The van der Waals surface area contributed by atoms with Gasteiger partial charge in [-0.15, -0.1) is 0 Å². The van der Waals surface area contributed by atoms with Crippen molar-refractivity contribution in [2.24, 2.45) is 0 Å². The zero-order chi connectivity index (χ0) is 73.6. The number of ether oxygens (including phenoxy) is 7. The molecule has 0 aliphatic carbocycles. The number of fused-ring (bicyclic) bond motifs is 4. The molecule has 12 rings (SSSR count).